The van der Waals surface area contributed by atoms with Crippen molar-refractivity contribution in [1.29, 1.82) is 0 Å². The van der Waals surface area contributed by atoms with Gasteiger partial charge in [0.05, 0.1) is 6.61 Å². The van der Waals surface area contributed by atoms with Gasteiger partial charge in [-0.05, 0) is 0 Å². The summed E-state index contributed by atoms with van der Waals surface area (Å²) in [5.41, 5.74) is 0. The number of nitrogens with zero attached hydrogens (tertiary/aromatic N) is 1. The molecule has 86 valence electrons. The van der Waals surface area contributed by atoms with E-state index in [4.69, 9.17) is 9.84 Å². The molecule has 0 aromatic heterocycles. The third-order valence-corrected chi connectivity index (χ3v) is 2.63. The van der Waals surface area contributed by atoms with Crippen molar-refractivity contribution in [2.75, 3.05) is 13.2 Å². The summed E-state index contributed by atoms with van der Waals surface area (Å²) in [5.74, 6) is 0. The summed E-state index contributed by atoms with van der Waals surface area (Å²) in [6.45, 7) is 0.305. The van der Waals surface area contributed by atoms with Crippen LogP contribution in [0.5, 0.6) is 0 Å². The average molecular weight is 218 g/mol. The molecule has 0 aromatic rings. The lowest BCUT2D eigenvalue weighted by Crippen LogP contribution is -2.57. The van der Waals surface area contributed by atoms with Crippen LogP contribution < -0.4 is 5.32 Å². The van der Waals surface area contributed by atoms with Crippen LogP contribution in [0.1, 0.15) is 6.42 Å². The van der Waals surface area contributed by atoms with Crippen LogP contribution in [0.15, 0.2) is 0 Å². The maximum atomic E-state index is 11.4. The van der Waals surface area contributed by atoms with Crippen LogP contribution in [-0.4, -0.2) is 64.1 Å². The monoisotopic (exact) mass is 218 g/mol. The Bertz CT molecular complexity index is 261. The minimum absolute atomic E-state index is 0.0121. The molecule has 2 aliphatic heterocycles. The molecule has 15 heavy (non-hydrogen) atoms. The van der Waals surface area contributed by atoms with E-state index in [9.17, 15) is 15.0 Å². The molecule has 2 rings (SSSR count). The van der Waals surface area contributed by atoms with Gasteiger partial charge in [-0.2, -0.15) is 0 Å². The minimum atomic E-state index is -1.09. The molecule has 4 N–H and O–H groups in total. The van der Waals surface area contributed by atoms with Crippen LogP contribution >= 0.6 is 0 Å². The first kappa shape index (κ1) is 10.6. The van der Waals surface area contributed by atoms with E-state index in [2.05, 4.69) is 5.32 Å². The van der Waals surface area contributed by atoms with Gasteiger partial charge in [0.1, 0.15) is 18.4 Å². The zero-order valence-electron chi connectivity index (χ0n) is 8.04. The fraction of sp³-hybridized carbons (Fsp3) is 0.875. The zero-order valence-corrected chi connectivity index (χ0v) is 8.04. The van der Waals surface area contributed by atoms with Crippen LogP contribution in [0.25, 0.3) is 0 Å². The van der Waals surface area contributed by atoms with Crippen molar-refractivity contribution in [3.63, 3.8) is 0 Å². The first-order chi connectivity index (χ1) is 7.09. The third kappa shape index (κ3) is 1.91. The molecule has 2 heterocycles. The van der Waals surface area contributed by atoms with Crippen molar-refractivity contribution in [2.45, 2.75) is 31.1 Å². The predicted molar refractivity (Wildman–Crippen MR) is 47.6 cm³/mol. The van der Waals surface area contributed by atoms with Gasteiger partial charge in [0.25, 0.3) is 0 Å². The Labute approximate surface area is 86.2 Å². The molecule has 0 aromatic carbocycles. The van der Waals surface area contributed by atoms with Crippen molar-refractivity contribution in [3.8, 4) is 0 Å². The quantitative estimate of drug-likeness (QED) is 0.400. The van der Waals surface area contributed by atoms with Gasteiger partial charge in [-0.25, -0.2) is 4.79 Å². The summed E-state index contributed by atoms with van der Waals surface area (Å²) in [6, 6.07) is -0.494. The van der Waals surface area contributed by atoms with Crippen molar-refractivity contribution in [3.05, 3.63) is 0 Å². The predicted octanol–water partition coefficient (Wildman–Crippen LogP) is -2.20. The molecule has 7 heteroatoms. The summed E-state index contributed by atoms with van der Waals surface area (Å²) in [6.07, 6.45) is -3.36. The zero-order chi connectivity index (χ0) is 11.0. The first-order valence-corrected chi connectivity index (χ1v) is 4.82. The lowest BCUT2D eigenvalue weighted by molar-refractivity contribution is -0.0668. The molecule has 0 saturated carbocycles. The molecule has 7 nitrogen and oxygen atoms in total. The molecule has 2 fully saturated rings. The summed E-state index contributed by atoms with van der Waals surface area (Å²) in [5, 5.41) is 30.2. The minimum Gasteiger partial charge on any atom is -0.388 e. The summed E-state index contributed by atoms with van der Waals surface area (Å²) < 4.78 is 5.11. The van der Waals surface area contributed by atoms with Gasteiger partial charge in [-0.3, -0.25) is 4.90 Å². The number of rotatable bonds is 1. The lowest BCUT2D eigenvalue weighted by atomic mass is 10.2. The normalized spacial score (nSPS) is 41.8. The Morgan fingerprint density at radius 1 is 1.40 bits per heavy atom. The fourth-order valence-electron chi connectivity index (χ4n) is 1.76. The maximum Gasteiger partial charge on any atom is 0.321 e. The highest BCUT2D eigenvalue weighted by Gasteiger charge is 2.42. The van der Waals surface area contributed by atoms with Crippen molar-refractivity contribution >= 4 is 6.03 Å². The standard InChI is InChI=1S/C8H14N2O5/c11-4-3-15-7(6(4)13)10-2-1-5(12)9-8(10)14/h4-7,11-13H,1-3H2,(H,9,14)/t4-,5?,6-,7-/m1/s1. The van der Waals surface area contributed by atoms with Crippen LogP contribution in [0.4, 0.5) is 4.79 Å². The molecule has 0 spiro atoms. The van der Waals surface area contributed by atoms with E-state index in [1.54, 1.807) is 0 Å². The van der Waals surface area contributed by atoms with E-state index in [1.165, 1.54) is 4.90 Å². The van der Waals surface area contributed by atoms with Gasteiger partial charge in [-0.1, -0.05) is 0 Å². The van der Waals surface area contributed by atoms with Crippen LogP contribution in [0, 0.1) is 0 Å². The Kier molecular flexibility index (Phi) is 2.79. The molecule has 4 atom stereocenters. The molecule has 2 saturated heterocycles. The van der Waals surface area contributed by atoms with Gasteiger partial charge in [0.15, 0.2) is 6.23 Å². The van der Waals surface area contributed by atoms with E-state index in [1.807, 2.05) is 0 Å². The van der Waals surface area contributed by atoms with Gasteiger partial charge < -0.3 is 25.4 Å². The van der Waals surface area contributed by atoms with E-state index in [0.29, 0.717) is 13.0 Å². The largest absolute Gasteiger partial charge is 0.388 e. The van der Waals surface area contributed by atoms with E-state index < -0.39 is 30.7 Å². The highest BCUT2D eigenvalue weighted by molar-refractivity contribution is 5.75. The van der Waals surface area contributed by atoms with E-state index >= 15 is 0 Å². The first-order valence-electron chi connectivity index (χ1n) is 4.82. The van der Waals surface area contributed by atoms with Crippen LogP contribution in [0.2, 0.25) is 0 Å². The number of urea groups is 1. The Morgan fingerprint density at radius 3 is 2.67 bits per heavy atom. The number of carbonyl (C=O) groups is 1. The second-order valence-electron chi connectivity index (χ2n) is 3.73. The fourth-order valence-corrected chi connectivity index (χ4v) is 1.76. The molecular weight excluding hydrogens is 204 g/mol. The van der Waals surface area contributed by atoms with Crippen LogP contribution in [0.3, 0.4) is 0 Å². The van der Waals surface area contributed by atoms with E-state index in [-0.39, 0.29) is 6.61 Å². The molecule has 0 radical (unpaired) electrons. The lowest BCUT2D eigenvalue weighted by Gasteiger charge is -2.35. The second-order valence-corrected chi connectivity index (χ2v) is 3.73. The number of hydrogen-bond donors (Lipinski definition) is 4. The van der Waals surface area contributed by atoms with Crippen molar-refractivity contribution in [1.82, 2.24) is 10.2 Å². The smallest absolute Gasteiger partial charge is 0.321 e. The maximum absolute atomic E-state index is 11.4. The van der Waals surface area contributed by atoms with Crippen molar-refractivity contribution < 1.29 is 24.9 Å². The number of ether oxygens (including phenoxy) is 1. The van der Waals surface area contributed by atoms with Crippen molar-refractivity contribution in [2.24, 2.45) is 0 Å². The summed E-state index contributed by atoms with van der Waals surface area (Å²) >= 11 is 0. The van der Waals surface area contributed by atoms with Gasteiger partial charge in [0, 0.05) is 13.0 Å². The highest BCUT2D eigenvalue weighted by Crippen LogP contribution is 2.20. The van der Waals surface area contributed by atoms with Gasteiger partial charge in [0.2, 0.25) is 0 Å². The summed E-state index contributed by atoms with van der Waals surface area (Å²) in [7, 11) is 0. The Hall–Kier alpha value is -0.890. The molecular formula is C8H14N2O5. The molecule has 0 aliphatic carbocycles. The number of nitrogens with one attached hydrogen (secondary N) is 1. The molecule has 2 aliphatic rings. The molecule has 2 amide bonds. The Balaban J connectivity index is 2.02. The van der Waals surface area contributed by atoms with E-state index in [0.717, 1.165) is 0 Å². The van der Waals surface area contributed by atoms with Gasteiger partial charge >= 0.3 is 6.03 Å². The SMILES string of the molecule is O=C1NC(O)CCN1[C@@H]1OC[C@@H](O)[C@H]1O. The molecule has 0 bridgehead atoms. The van der Waals surface area contributed by atoms with Crippen LogP contribution in [-0.2, 0) is 4.74 Å². The highest BCUT2D eigenvalue weighted by atomic mass is 16.5. The second kappa shape index (κ2) is 3.93. The van der Waals surface area contributed by atoms with Gasteiger partial charge in [-0.15, -0.1) is 0 Å². The number of aliphatic hydroxyl groups excluding tert-OH is 3. The number of carbonyl (C=O) groups excluding carboxylic acids is 1. The number of hydrogen-bond acceptors (Lipinski definition) is 5. The number of amides is 2. The Morgan fingerprint density at radius 2 is 2.13 bits per heavy atom. The molecule has 1 unspecified atom stereocenters. The topological polar surface area (TPSA) is 102 Å². The third-order valence-electron chi connectivity index (χ3n) is 2.63. The number of aliphatic hydroxyl groups is 3. The average Bonchev–Trinajstić information content (AvgIpc) is 2.49. The summed E-state index contributed by atoms with van der Waals surface area (Å²) in [4.78, 5) is 12.7.